The van der Waals surface area contributed by atoms with Crippen molar-refractivity contribution in [3.05, 3.63) is 79.1 Å². The minimum atomic E-state index is -1.10. The van der Waals surface area contributed by atoms with Crippen molar-refractivity contribution in [2.75, 3.05) is 14.2 Å². The quantitative estimate of drug-likeness (QED) is 0.568. The number of benzene rings is 1. The van der Waals surface area contributed by atoms with Gasteiger partial charge in [0.05, 0.1) is 31.3 Å². The van der Waals surface area contributed by atoms with E-state index in [2.05, 4.69) is 0 Å². The summed E-state index contributed by atoms with van der Waals surface area (Å²) in [4.78, 5) is 27.1. The lowest BCUT2D eigenvalue weighted by Gasteiger charge is -2.25. The molecule has 1 aromatic carbocycles. The lowest BCUT2D eigenvalue weighted by Crippen LogP contribution is -2.32. The van der Waals surface area contributed by atoms with Gasteiger partial charge in [-0.2, -0.15) is 0 Å². The lowest BCUT2D eigenvalue weighted by molar-refractivity contribution is 0.350. The van der Waals surface area contributed by atoms with Crippen LogP contribution >= 0.6 is 0 Å². The monoisotopic (exact) mass is 454 g/mol. The number of hydrogen-bond donors (Lipinski definition) is 2. The molecule has 8 nitrogen and oxygen atoms in total. The topological polar surface area (TPSA) is 103 Å². The van der Waals surface area contributed by atoms with Gasteiger partial charge in [0.1, 0.15) is 11.5 Å². The Balaban J connectivity index is 2.56. The first-order valence-corrected chi connectivity index (χ1v) is 10.8. The Morgan fingerprint density at radius 1 is 0.848 bits per heavy atom. The summed E-state index contributed by atoms with van der Waals surface area (Å²) in [5, 5.41) is 21.9. The fourth-order valence-corrected chi connectivity index (χ4v) is 4.46. The fourth-order valence-electron chi connectivity index (χ4n) is 4.46. The number of aromatic hydroxyl groups is 2. The summed E-state index contributed by atoms with van der Waals surface area (Å²) in [6.45, 7) is 7.84. The van der Waals surface area contributed by atoms with Gasteiger partial charge in [-0.1, -0.05) is 12.1 Å². The number of aromatic nitrogens is 2. The SMILES string of the molecule is CCn1c(C)cc(O)c(C(c2cccc(OC)c2OC)c2c(O)cc(C)n(CC)c2=O)c1=O. The van der Waals surface area contributed by atoms with E-state index < -0.39 is 17.0 Å². The highest BCUT2D eigenvalue weighted by Gasteiger charge is 2.33. The minimum absolute atomic E-state index is 0.0205. The molecule has 0 spiro atoms. The second-order valence-corrected chi connectivity index (χ2v) is 7.78. The molecule has 0 amide bonds. The van der Waals surface area contributed by atoms with Gasteiger partial charge in [0.25, 0.3) is 11.1 Å². The maximum atomic E-state index is 13.6. The Kier molecular flexibility index (Phi) is 6.86. The van der Waals surface area contributed by atoms with Crippen LogP contribution in [0.4, 0.5) is 0 Å². The van der Waals surface area contributed by atoms with Crippen molar-refractivity contribution >= 4 is 0 Å². The highest BCUT2D eigenvalue weighted by atomic mass is 16.5. The average molecular weight is 455 g/mol. The molecule has 8 heteroatoms. The van der Waals surface area contributed by atoms with Crippen LogP contribution in [-0.4, -0.2) is 33.6 Å². The smallest absolute Gasteiger partial charge is 0.258 e. The Bertz CT molecular complexity index is 1230. The minimum Gasteiger partial charge on any atom is -0.507 e. The van der Waals surface area contributed by atoms with E-state index in [0.29, 0.717) is 41.5 Å². The van der Waals surface area contributed by atoms with Crippen LogP contribution in [0.15, 0.2) is 39.9 Å². The zero-order chi connectivity index (χ0) is 24.4. The van der Waals surface area contributed by atoms with Gasteiger partial charge in [-0.3, -0.25) is 9.59 Å². The number of methoxy groups -OCH3 is 2. The van der Waals surface area contributed by atoms with Gasteiger partial charge in [-0.05, 0) is 45.9 Å². The van der Waals surface area contributed by atoms with E-state index >= 15 is 0 Å². The van der Waals surface area contributed by atoms with E-state index in [1.54, 1.807) is 32.0 Å². The molecule has 3 aromatic rings. The van der Waals surface area contributed by atoms with Crippen molar-refractivity contribution < 1.29 is 19.7 Å². The molecule has 2 heterocycles. The Hall–Kier alpha value is -3.68. The van der Waals surface area contributed by atoms with Gasteiger partial charge in [-0.25, -0.2) is 0 Å². The number of hydrogen-bond acceptors (Lipinski definition) is 6. The molecule has 0 fully saturated rings. The van der Waals surface area contributed by atoms with E-state index in [9.17, 15) is 19.8 Å². The van der Waals surface area contributed by atoms with Crippen LogP contribution in [0.3, 0.4) is 0 Å². The van der Waals surface area contributed by atoms with Crippen molar-refractivity contribution in [2.45, 2.75) is 46.7 Å². The Morgan fingerprint density at radius 3 is 1.73 bits per heavy atom. The van der Waals surface area contributed by atoms with E-state index in [1.807, 2.05) is 13.8 Å². The van der Waals surface area contributed by atoms with Gasteiger partial charge in [0.2, 0.25) is 0 Å². The van der Waals surface area contributed by atoms with E-state index in [1.165, 1.54) is 35.5 Å². The molecule has 0 unspecified atom stereocenters. The first kappa shape index (κ1) is 24.0. The highest BCUT2D eigenvalue weighted by molar-refractivity contribution is 5.58. The molecule has 0 atom stereocenters. The highest BCUT2D eigenvalue weighted by Crippen LogP contribution is 2.44. The van der Waals surface area contributed by atoms with Crippen LogP contribution in [0.1, 0.15) is 47.8 Å². The first-order valence-electron chi connectivity index (χ1n) is 10.8. The number of ether oxygens (including phenoxy) is 2. The summed E-state index contributed by atoms with van der Waals surface area (Å²) in [5.74, 6) is -0.939. The molecule has 0 aliphatic carbocycles. The second kappa shape index (κ2) is 9.44. The molecule has 176 valence electrons. The summed E-state index contributed by atoms with van der Waals surface area (Å²) in [6.07, 6.45) is 0. The van der Waals surface area contributed by atoms with E-state index in [0.717, 1.165) is 0 Å². The summed E-state index contributed by atoms with van der Waals surface area (Å²) in [6, 6.07) is 8.07. The van der Waals surface area contributed by atoms with Crippen LogP contribution in [0.25, 0.3) is 0 Å². The number of aryl methyl sites for hydroxylation is 2. The average Bonchev–Trinajstić information content (AvgIpc) is 2.77. The molecule has 0 bridgehead atoms. The van der Waals surface area contributed by atoms with Crippen molar-refractivity contribution in [2.24, 2.45) is 0 Å². The van der Waals surface area contributed by atoms with Gasteiger partial charge in [-0.15, -0.1) is 0 Å². The van der Waals surface area contributed by atoms with Crippen molar-refractivity contribution in [1.29, 1.82) is 0 Å². The largest absolute Gasteiger partial charge is 0.507 e. The normalized spacial score (nSPS) is 11.1. The van der Waals surface area contributed by atoms with Gasteiger partial charge >= 0.3 is 0 Å². The Morgan fingerprint density at radius 2 is 1.33 bits per heavy atom. The summed E-state index contributed by atoms with van der Waals surface area (Å²) in [5.41, 5.74) is 0.633. The van der Waals surface area contributed by atoms with Gasteiger partial charge in [0, 0.05) is 30.0 Å². The lowest BCUT2D eigenvalue weighted by atomic mass is 9.84. The molecular weight excluding hydrogens is 424 g/mol. The summed E-state index contributed by atoms with van der Waals surface area (Å²) >= 11 is 0. The maximum Gasteiger partial charge on any atom is 0.258 e. The van der Waals surface area contributed by atoms with E-state index in [4.69, 9.17) is 9.47 Å². The van der Waals surface area contributed by atoms with Gasteiger partial charge < -0.3 is 28.8 Å². The number of nitrogens with zero attached hydrogens (tertiary/aromatic N) is 2. The summed E-state index contributed by atoms with van der Waals surface area (Å²) in [7, 11) is 2.94. The predicted molar refractivity (Wildman–Crippen MR) is 126 cm³/mol. The zero-order valence-electron chi connectivity index (χ0n) is 19.8. The van der Waals surface area contributed by atoms with Crippen molar-refractivity contribution in [3.63, 3.8) is 0 Å². The van der Waals surface area contributed by atoms with Gasteiger partial charge in [0.15, 0.2) is 11.5 Å². The molecular formula is C25H30N2O6. The molecule has 2 N–H and O–H groups in total. The number of para-hydroxylation sites is 1. The van der Waals surface area contributed by atoms with Crippen molar-refractivity contribution in [3.8, 4) is 23.0 Å². The number of pyridine rings is 2. The fraction of sp³-hybridized carbons (Fsp3) is 0.360. The molecule has 0 aliphatic rings. The molecule has 3 rings (SSSR count). The molecule has 33 heavy (non-hydrogen) atoms. The van der Waals surface area contributed by atoms with E-state index in [-0.39, 0.29) is 22.6 Å². The molecule has 0 saturated heterocycles. The molecule has 0 radical (unpaired) electrons. The third-order valence-electron chi connectivity index (χ3n) is 6.00. The number of rotatable bonds is 7. The summed E-state index contributed by atoms with van der Waals surface area (Å²) < 4.78 is 14.1. The first-order chi connectivity index (χ1) is 15.7. The zero-order valence-corrected chi connectivity index (χ0v) is 19.8. The van der Waals surface area contributed by atoms with Crippen LogP contribution in [0.5, 0.6) is 23.0 Å². The maximum absolute atomic E-state index is 13.6. The third kappa shape index (κ3) is 3.97. The molecule has 2 aromatic heterocycles. The molecule has 0 aliphatic heterocycles. The van der Waals surface area contributed by atoms with Crippen LogP contribution < -0.4 is 20.6 Å². The third-order valence-corrected chi connectivity index (χ3v) is 6.00. The standard InChI is InChI=1S/C25H30N2O6/c1-7-26-14(3)12-17(28)21(24(26)30)20(16-10-9-11-19(32-5)23(16)33-6)22-18(29)13-15(4)27(8-2)25(22)31/h9-13,20,28-29H,7-8H2,1-6H3. The molecule has 0 saturated carbocycles. The second-order valence-electron chi connectivity index (χ2n) is 7.78. The van der Waals surface area contributed by atoms with Crippen molar-refractivity contribution in [1.82, 2.24) is 9.13 Å². The van der Waals surface area contributed by atoms with Crippen LogP contribution in [0, 0.1) is 13.8 Å². The predicted octanol–water partition coefficient (Wildman–Crippen LogP) is 3.28. The van der Waals surface area contributed by atoms with Crippen LogP contribution in [0.2, 0.25) is 0 Å². The Labute approximate surface area is 192 Å². The van der Waals surface area contributed by atoms with Crippen LogP contribution in [-0.2, 0) is 13.1 Å².